The van der Waals surface area contributed by atoms with Crippen molar-refractivity contribution in [2.45, 2.75) is 6.92 Å². The molecule has 1 aromatic heterocycles. The number of benzene rings is 2. The first-order valence-electron chi connectivity index (χ1n) is 9.36. The van der Waals surface area contributed by atoms with Crippen LogP contribution in [0.15, 0.2) is 78.5 Å². The van der Waals surface area contributed by atoms with Crippen LogP contribution in [0.3, 0.4) is 0 Å². The van der Waals surface area contributed by atoms with E-state index in [1.165, 1.54) is 12.1 Å². The molecule has 0 spiro atoms. The molecule has 3 aromatic rings. The maximum absolute atomic E-state index is 12.4. The Bertz CT molecular complexity index is 1170. The number of carbonyl (C=O) groups is 1. The summed E-state index contributed by atoms with van der Waals surface area (Å²) in [5.41, 5.74) is 2.49. The number of rotatable bonds is 6. The van der Waals surface area contributed by atoms with Crippen LogP contribution in [0.5, 0.6) is 5.75 Å². The van der Waals surface area contributed by atoms with E-state index in [-0.39, 0.29) is 5.69 Å². The van der Waals surface area contributed by atoms with Crippen LogP contribution in [-0.4, -0.2) is 22.1 Å². The fourth-order valence-corrected chi connectivity index (χ4v) is 3.18. The number of aromatic nitrogens is 1. The van der Waals surface area contributed by atoms with Crippen molar-refractivity contribution in [3.05, 3.63) is 99.9 Å². The third kappa shape index (κ3) is 3.86. The lowest BCUT2D eigenvalue weighted by Gasteiger charge is -2.06. The molecular formula is C23H18N2O5. The Balaban J connectivity index is 1.64. The molecule has 0 bridgehead atoms. The molecule has 0 amide bonds. The van der Waals surface area contributed by atoms with Crippen molar-refractivity contribution in [3.8, 4) is 11.4 Å². The summed E-state index contributed by atoms with van der Waals surface area (Å²) in [4.78, 5) is 23.0. The van der Waals surface area contributed by atoms with E-state index in [0.717, 1.165) is 11.3 Å². The van der Waals surface area contributed by atoms with Crippen LogP contribution in [0.1, 0.15) is 18.2 Å². The van der Waals surface area contributed by atoms with Gasteiger partial charge in [0.05, 0.1) is 22.8 Å². The minimum atomic E-state index is -0.453. The Labute approximate surface area is 172 Å². The van der Waals surface area contributed by atoms with Crippen molar-refractivity contribution in [2.24, 2.45) is 0 Å². The highest BCUT2D eigenvalue weighted by Crippen LogP contribution is 2.29. The smallest absolute Gasteiger partial charge is 0.343 e. The largest absolute Gasteiger partial charge is 0.494 e. The summed E-state index contributed by atoms with van der Waals surface area (Å²) in [6.45, 7) is 2.49. The molecule has 0 radical (unpaired) electrons. The number of esters is 1. The first kappa shape index (κ1) is 19.2. The van der Waals surface area contributed by atoms with E-state index in [4.69, 9.17) is 9.47 Å². The maximum atomic E-state index is 12.4. The zero-order valence-corrected chi connectivity index (χ0v) is 16.1. The molecule has 0 aliphatic carbocycles. The van der Waals surface area contributed by atoms with Crippen LogP contribution < -0.4 is 4.74 Å². The number of nitro benzene ring substituents is 1. The molecule has 0 saturated heterocycles. The number of ether oxygens (including phenoxy) is 2. The van der Waals surface area contributed by atoms with Crippen molar-refractivity contribution in [1.29, 1.82) is 0 Å². The summed E-state index contributed by atoms with van der Waals surface area (Å²) in [6.07, 6.45) is 5.16. The third-order valence-corrected chi connectivity index (χ3v) is 4.58. The molecule has 4 rings (SSSR count). The molecule has 0 saturated carbocycles. The number of carbonyl (C=O) groups excluding carboxylic acids is 1. The van der Waals surface area contributed by atoms with Crippen molar-refractivity contribution >= 4 is 23.5 Å². The van der Waals surface area contributed by atoms with E-state index in [0.29, 0.717) is 29.3 Å². The minimum absolute atomic E-state index is 0.00207. The molecule has 1 aliphatic rings. The number of cyclic esters (lactones) is 1. The molecule has 30 heavy (non-hydrogen) atoms. The highest BCUT2D eigenvalue weighted by Gasteiger charge is 2.22. The lowest BCUT2D eigenvalue weighted by molar-refractivity contribution is -0.384. The van der Waals surface area contributed by atoms with Gasteiger partial charge in [0.2, 0.25) is 0 Å². The van der Waals surface area contributed by atoms with E-state index >= 15 is 0 Å². The molecule has 7 heteroatoms. The highest BCUT2D eigenvalue weighted by molar-refractivity contribution is 6.05. The van der Waals surface area contributed by atoms with Gasteiger partial charge in [0.15, 0.2) is 0 Å². The van der Waals surface area contributed by atoms with E-state index in [1.807, 2.05) is 43.3 Å². The van der Waals surface area contributed by atoms with Gasteiger partial charge in [0.25, 0.3) is 5.69 Å². The molecular weight excluding hydrogens is 384 g/mol. The van der Waals surface area contributed by atoms with Crippen LogP contribution >= 0.6 is 0 Å². The zero-order valence-electron chi connectivity index (χ0n) is 16.1. The molecule has 150 valence electrons. The first-order valence-corrected chi connectivity index (χ1v) is 9.36. The SMILES string of the molecule is CCOc1ccc(C2=C/C(=C\c3cccn3-c3cccc([N+](=O)[O-])c3)C(=O)O2)cc1. The second-order valence-corrected chi connectivity index (χ2v) is 6.54. The second kappa shape index (κ2) is 8.08. The van der Waals surface area contributed by atoms with Gasteiger partial charge in [-0.1, -0.05) is 6.07 Å². The van der Waals surface area contributed by atoms with Crippen LogP contribution in [0.2, 0.25) is 0 Å². The van der Waals surface area contributed by atoms with Gasteiger partial charge in [0.1, 0.15) is 11.5 Å². The third-order valence-electron chi connectivity index (χ3n) is 4.58. The minimum Gasteiger partial charge on any atom is -0.494 e. The monoisotopic (exact) mass is 402 g/mol. The molecule has 0 fully saturated rings. The maximum Gasteiger partial charge on any atom is 0.343 e. The average Bonchev–Trinajstić information content (AvgIpc) is 3.36. The lowest BCUT2D eigenvalue weighted by Crippen LogP contribution is -2.00. The van der Waals surface area contributed by atoms with Crippen LogP contribution in [-0.2, 0) is 9.53 Å². The van der Waals surface area contributed by atoms with Gasteiger partial charge in [0, 0.05) is 29.6 Å². The molecule has 2 heterocycles. The first-order chi connectivity index (χ1) is 14.5. The van der Waals surface area contributed by atoms with Crippen LogP contribution in [0.25, 0.3) is 17.5 Å². The van der Waals surface area contributed by atoms with Crippen LogP contribution in [0.4, 0.5) is 5.69 Å². The fourth-order valence-electron chi connectivity index (χ4n) is 3.18. The number of hydrogen-bond donors (Lipinski definition) is 0. The van der Waals surface area contributed by atoms with E-state index in [1.54, 1.807) is 35.0 Å². The summed E-state index contributed by atoms with van der Waals surface area (Å²) >= 11 is 0. The predicted octanol–water partition coefficient (Wildman–Crippen LogP) is 4.77. The summed E-state index contributed by atoms with van der Waals surface area (Å²) < 4.78 is 12.6. The van der Waals surface area contributed by atoms with E-state index < -0.39 is 10.9 Å². The van der Waals surface area contributed by atoms with Gasteiger partial charge in [-0.15, -0.1) is 0 Å². The molecule has 0 N–H and O–H groups in total. The summed E-state index contributed by atoms with van der Waals surface area (Å²) in [5.74, 6) is 0.755. The van der Waals surface area contributed by atoms with Gasteiger partial charge in [-0.25, -0.2) is 4.79 Å². The molecule has 7 nitrogen and oxygen atoms in total. The van der Waals surface area contributed by atoms with E-state index in [9.17, 15) is 14.9 Å². The van der Waals surface area contributed by atoms with Crippen molar-refractivity contribution in [1.82, 2.24) is 4.57 Å². The fraction of sp³-hybridized carbons (Fsp3) is 0.0870. The zero-order chi connectivity index (χ0) is 21.1. The van der Waals surface area contributed by atoms with Crippen molar-refractivity contribution < 1.29 is 19.2 Å². The number of non-ortho nitro benzene ring substituents is 1. The molecule has 2 aromatic carbocycles. The number of nitro groups is 1. The topological polar surface area (TPSA) is 83.6 Å². The number of nitrogens with zero attached hydrogens (tertiary/aromatic N) is 2. The molecule has 1 aliphatic heterocycles. The Morgan fingerprint density at radius 3 is 2.67 bits per heavy atom. The standard InChI is InChI=1S/C23H18N2O5/c1-2-29-21-10-8-16(9-11-21)22-14-17(23(26)30-22)13-18-7-4-12-24(18)19-5-3-6-20(15-19)25(27)28/h3-15H,2H2,1H3/b17-13+. The summed E-state index contributed by atoms with van der Waals surface area (Å²) in [7, 11) is 0. The van der Waals surface area contributed by atoms with Crippen molar-refractivity contribution in [3.63, 3.8) is 0 Å². The van der Waals surface area contributed by atoms with Gasteiger partial charge >= 0.3 is 5.97 Å². The Morgan fingerprint density at radius 1 is 1.13 bits per heavy atom. The molecule has 0 unspecified atom stereocenters. The lowest BCUT2D eigenvalue weighted by atomic mass is 10.1. The van der Waals surface area contributed by atoms with Gasteiger partial charge in [-0.05, 0) is 61.5 Å². The predicted molar refractivity (Wildman–Crippen MR) is 112 cm³/mol. The quantitative estimate of drug-likeness (QED) is 0.257. The van der Waals surface area contributed by atoms with Crippen LogP contribution in [0, 0.1) is 10.1 Å². The normalized spacial score (nSPS) is 14.5. The summed E-state index contributed by atoms with van der Waals surface area (Å²) in [5, 5.41) is 11.1. The second-order valence-electron chi connectivity index (χ2n) is 6.54. The molecule has 0 atom stereocenters. The Kier molecular flexibility index (Phi) is 5.17. The van der Waals surface area contributed by atoms with Gasteiger partial charge in [-0.3, -0.25) is 10.1 Å². The van der Waals surface area contributed by atoms with Gasteiger partial charge in [-0.2, -0.15) is 0 Å². The Hall–Kier alpha value is -4.13. The summed E-state index contributed by atoms with van der Waals surface area (Å²) in [6, 6.07) is 17.2. The Morgan fingerprint density at radius 2 is 1.93 bits per heavy atom. The van der Waals surface area contributed by atoms with E-state index in [2.05, 4.69) is 0 Å². The highest BCUT2D eigenvalue weighted by atomic mass is 16.6. The van der Waals surface area contributed by atoms with Gasteiger partial charge < -0.3 is 14.0 Å². The average molecular weight is 402 g/mol. The number of hydrogen-bond acceptors (Lipinski definition) is 5. The van der Waals surface area contributed by atoms with Crippen molar-refractivity contribution in [2.75, 3.05) is 6.61 Å².